The molecule has 152 valence electrons. The maximum absolute atomic E-state index is 13.2. The van der Waals surface area contributed by atoms with Crippen LogP contribution in [0.4, 0.5) is 11.4 Å². The zero-order valence-electron chi connectivity index (χ0n) is 16.6. The van der Waals surface area contributed by atoms with Gasteiger partial charge < -0.3 is 15.2 Å². The van der Waals surface area contributed by atoms with E-state index in [1.807, 2.05) is 30.3 Å². The number of nitrogens with zero attached hydrogens (tertiary/aromatic N) is 3. The van der Waals surface area contributed by atoms with Crippen LogP contribution in [0.2, 0.25) is 5.02 Å². The van der Waals surface area contributed by atoms with Crippen molar-refractivity contribution in [3.05, 3.63) is 80.9 Å². The molecule has 0 radical (unpaired) electrons. The number of anilines is 2. The lowest BCUT2D eigenvalue weighted by molar-refractivity contribution is -0.254. The van der Waals surface area contributed by atoms with Crippen LogP contribution in [0.25, 0.3) is 16.6 Å². The summed E-state index contributed by atoms with van der Waals surface area (Å²) in [5.41, 5.74) is 2.67. The summed E-state index contributed by atoms with van der Waals surface area (Å²) in [4.78, 5) is 29.2. The fourth-order valence-electron chi connectivity index (χ4n) is 3.51. The van der Waals surface area contributed by atoms with Crippen LogP contribution in [0, 0.1) is 13.8 Å². The van der Waals surface area contributed by atoms with E-state index >= 15 is 0 Å². The maximum Gasteiger partial charge on any atom is 0.295 e. The SMILES string of the molecule is Cc1c(Cl)ccc2c(Nc3c(C)n(C)n(-c4ccccc4)c3=O)c(C(=O)[O-])cnc12. The Morgan fingerprint density at radius 3 is 2.47 bits per heavy atom. The van der Waals surface area contributed by atoms with E-state index in [1.165, 1.54) is 10.9 Å². The van der Waals surface area contributed by atoms with Crippen molar-refractivity contribution >= 4 is 39.8 Å². The van der Waals surface area contributed by atoms with Gasteiger partial charge in [0.15, 0.2) is 0 Å². The number of carbonyl (C=O) groups excluding carboxylic acids is 1. The summed E-state index contributed by atoms with van der Waals surface area (Å²) in [7, 11) is 1.77. The number of halogens is 1. The number of hydrogen-bond donors (Lipinski definition) is 1. The van der Waals surface area contributed by atoms with Crippen molar-refractivity contribution in [1.29, 1.82) is 0 Å². The Morgan fingerprint density at radius 2 is 1.80 bits per heavy atom. The van der Waals surface area contributed by atoms with E-state index < -0.39 is 5.97 Å². The fourth-order valence-corrected chi connectivity index (χ4v) is 3.66. The van der Waals surface area contributed by atoms with Crippen LogP contribution in [-0.4, -0.2) is 20.3 Å². The second kappa shape index (κ2) is 7.35. The van der Waals surface area contributed by atoms with Gasteiger partial charge in [-0.1, -0.05) is 29.8 Å². The molecule has 2 heterocycles. The Balaban J connectivity index is 1.96. The van der Waals surface area contributed by atoms with E-state index in [0.717, 1.165) is 0 Å². The number of aromatic nitrogens is 3. The highest BCUT2D eigenvalue weighted by molar-refractivity contribution is 6.32. The molecule has 0 saturated heterocycles. The molecular formula is C22H18ClN4O3-. The third-order valence-electron chi connectivity index (χ3n) is 5.25. The topological polar surface area (TPSA) is 92.0 Å². The molecule has 2 aromatic heterocycles. The third-order valence-corrected chi connectivity index (χ3v) is 5.66. The molecule has 1 N–H and O–H groups in total. The number of rotatable bonds is 4. The van der Waals surface area contributed by atoms with Crippen molar-refractivity contribution in [2.24, 2.45) is 7.05 Å². The zero-order chi connectivity index (χ0) is 21.6. The van der Waals surface area contributed by atoms with E-state index in [1.54, 1.807) is 37.7 Å². The molecule has 0 aliphatic rings. The number of fused-ring (bicyclic) bond motifs is 1. The lowest BCUT2D eigenvalue weighted by Crippen LogP contribution is -2.24. The van der Waals surface area contributed by atoms with Crippen LogP contribution < -0.4 is 16.0 Å². The predicted octanol–water partition coefficient (Wildman–Crippen LogP) is 3.10. The van der Waals surface area contributed by atoms with Crippen molar-refractivity contribution < 1.29 is 9.90 Å². The number of hydrogen-bond acceptors (Lipinski definition) is 5. The van der Waals surface area contributed by atoms with Crippen molar-refractivity contribution in [3.8, 4) is 5.69 Å². The van der Waals surface area contributed by atoms with Crippen LogP contribution in [-0.2, 0) is 7.05 Å². The first-order chi connectivity index (χ1) is 14.3. The first-order valence-electron chi connectivity index (χ1n) is 9.21. The first-order valence-corrected chi connectivity index (χ1v) is 9.59. The van der Waals surface area contributed by atoms with Gasteiger partial charge in [0.2, 0.25) is 0 Å². The molecule has 30 heavy (non-hydrogen) atoms. The highest BCUT2D eigenvalue weighted by Gasteiger charge is 2.20. The van der Waals surface area contributed by atoms with Gasteiger partial charge in [0.1, 0.15) is 5.69 Å². The average Bonchev–Trinajstić information content (AvgIpc) is 2.94. The molecule has 0 fully saturated rings. The predicted molar refractivity (Wildman–Crippen MR) is 115 cm³/mol. The van der Waals surface area contributed by atoms with Gasteiger partial charge >= 0.3 is 0 Å². The van der Waals surface area contributed by atoms with E-state index in [9.17, 15) is 14.7 Å². The number of benzene rings is 2. The third kappa shape index (κ3) is 3.04. The quantitative estimate of drug-likeness (QED) is 0.546. The Bertz CT molecular complexity index is 1360. The summed E-state index contributed by atoms with van der Waals surface area (Å²) in [6.07, 6.45) is 1.22. The molecule has 8 heteroatoms. The number of carboxylic acid groups (broad SMARTS) is 1. The van der Waals surface area contributed by atoms with Gasteiger partial charge in [0.25, 0.3) is 5.56 Å². The Hall–Kier alpha value is -3.58. The Morgan fingerprint density at radius 1 is 1.10 bits per heavy atom. The van der Waals surface area contributed by atoms with E-state index in [2.05, 4.69) is 10.3 Å². The number of aromatic carboxylic acids is 1. The van der Waals surface area contributed by atoms with E-state index in [4.69, 9.17) is 11.6 Å². The number of para-hydroxylation sites is 1. The van der Waals surface area contributed by atoms with Crippen LogP contribution in [0.15, 0.2) is 53.5 Å². The van der Waals surface area contributed by atoms with Gasteiger partial charge in [-0.2, -0.15) is 0 Å². The molecule has 4 aromatic rings. The number of carboxylic acids is 1. The molecule has 0 saturated carbocycles. The standard InChI is InChI=1S/C22H19ClN4O3/c1-12-17(23)10-9-15-18(12)24-11-16(22(29)30)20(15)25-19-13(2)26(3)27(21(19)28)14-7-5-4-6-8-14/h4-11H,1-3H3,(H,24,25)(H,29,30)/p-1. The monoisotopic (exact) mass is 421 g/mol. The van der Waals surface area contributed by atoms with Crippen LogP contribution in [0.3, 0.4) is 0 Å². The van der Waals surface area contributed by atoms with E-state index in [-0.39, 0.29) is 22.5 Å². The number of carbonyl (C=O) groups is 1. The summed E-state index contributed by atoms with van der Waals surface area (Å²) in [5, 5.41) is 15.9. The summed E-state index contributed by atoms with van der Waals surface area (Å²) in [6, 6.07) is 12.6. The summed E-state index contributed by atoms with van der Waals surface area (Å²) in [5.74, 6) is -1.39. The first kappa shape index (κ1) is 19.7. The Labute approximate surface area is 177 Å². The second-order valence-electron chi connectivity index (χ2n) is 6.96. The average molecular weight is 422 g/mol. The molecule has 2 aromatic carbocycles. The smallest absolute Gasteiger partial charge is 0.295 e. The summed E-state index contributed by atoms with van der Waals surface area (Å²) < 4.78 is 3.23. The largest absolute Gasteiger partial charge is 0.545 e. The minimum absolute atomic E-state index is 0.141. The number of aryl methyl sites for hydroxylation is 1. The molecular weight excluding hydrogens is 404 g/mol. The molecule has 0 atom stereocenters. The summed E-state index contributed by atoms with van der Waals surface area (Å²) >= 11 is 6.20. The molecule has 0 bridgehead atoms. The van der Waals surface area contributed by atoms with Crippen LogP contribution in [0.5, 0.6) is 0 Å². The van der Waals surface area contributed by atoms with Crippen molar-refractivity contribution in [2.45, 2.75) is 13.8 Å². The molecule has 0 aliphatic carbocycles. The van der Waals surface area contributed by atoms with E-state index in [0.29, 0.717) is 32.9 Å². The molecule has 0 spiro atoms. The minimum Gasteiger partial charge on any atom is -0.545 e. The fraction of sp³-hybridized carbons (Fsp3) is 0.136. The molecule has 4 rings (SSSR count). The highest BCUT2D eigenvalue weighted by atomic mass is 35.5. The molecule has 0 aliphatic heterocycles. The van der Waals surface area contributed by atoms with Gasteiger partial charge in [-0.05, 0) is 43.7 Å². The highest BCUT2D eigenvalue weighted by Crippen LogP contribution is 2.33. The number of nitrogens with one attached hydrogen (secondary N) is 1. The van der Waals surface area contributed by atoms with Crippen LogP contribution in [0.1, 0.15) is 21.6 Å². The van der Waals surface area contributed by atoms with Crippen molar-refractivity contribution in [1.82, 2.24) is 14.3 Å². The van der Waals surface area contributed by atoms with Crippen LogP contribution >= 0.6 is 11.6 Å². The minimum atomic E-state index is -1.39. The molecule has 7 nitrogen and oxygen atoms in total. The normalized spacial score (nSPS) is 11.1. The summed E-state index contributed by atoms with van der Waals surface area (Å²) in [6.45, 7) is 3.59. The lowest BCUT2D eigenvalue weighted by atomic mass is 10.1. The molecule has 0 amide bonds. The second-order valence-corrected chi connectivity index (χ2v) is 7.37. The van der Waals surface area contributed by atoms with Gasteiger partial charge in [0.05, 0.1) is 28.6 Å². The Kier molecular flexibility index (Phi) is 4.83. The van der Waals surface area contributed by atoms with Crippen molar-refractivity contribution in [2.75, 3.05) is 5.32 Å². The number of pyridine rings is 1. The lowest BCUT2D eigenvalue weighted by Gasteiger charge is -2.16. The van der Waals surface area contributed by atoms with Gasteiger partial charge in [0, 0.05) is 29.2 Å². The zero-order valence-corrected chi connectivity index (χ0v) is 17.3. The van der Waals surface area contributed by atoms with Gasteiger partial charge in [-0.25, -0.2) is 4.68 Å². The van der Waals surface area contributed by atoms with Crippen molar-refractivity contribution in [3.63, 3.8) is 0 Å². The van der Waals surface area contributed by atoms with Gasteiger partial charge in [-0.3, -0.25) is 14.5 Å². The maximum atomic E-state index is 13.2. The van der Waals surface area contributed by atoms with Gasteiger partial charge in [-0.15, -0.1) is 0 Å². The molecule has 0 unspecified atom stereocenters.